The lowest BCUT2D eigenvalue weighted by atomic mass is 9.97. The second-order valence-electron chi connectivity index (χ2n) is 7.98. The Morgan fingerprint density at radius 1 is 1.17 bits per heavy atom. The van der Waals surface area contributed by atoms with Crippen LogP contribution in [0.5, 0.6) is 0 Å². The van der Waals surface area contributed by atoms with Crippen molar-refractivity contribution in [3.05, 3.63) is 59.8 Å². The highest BCUT2D eigenvalue weighted by Crippen LogP contribution is 2.32. The first kappa shape index (κ1) is 18.3. The number of hydrogen-bond donors (Lipinski definition) is 1. The molecule has 1 fully saturated rings. The van der Waals surface area contributed by atoms with Gasteiger partial charge in [-0.05, 0) is 19.1 Å². The molecule has 148 valence electrons. The summed E-state index contributed by atoms with van der Waals surface area (Å²) >= 11 is 1.72. The number of aryl methyl sites for hydroxylation is 1. The molecule has 1 saturated heterocycles. The maximum atomic E-state index is 11.2. The third-order valence-corrected chi connectivity index (χ3v) is 7.04. The predicted octanol–water partition coefficient (Wildman–Crippen LogP) is 2.07. The Kier molecular flexibility index (Phi) is 4.60. The molecular formula is C23H23N3O2S. The number of benzene rings is 2. The molecule has 0 spiro atoms. The van der Waals surface area contributed by atoms with Gasteiger partial charge in [0, 0.05) is 30.3 Å². The Hall–Kier alpha value is -2.70. The third-order valence-electron chi connectivity index (χ3n) is 6.02. The monoisotopic (exact) mass is 405 g/mol. The van der Waals surface area contributed by atoms with E-state index in [0.717, 1.165) is 35.9 Å². The van der Waals surface area contributed by atoms with Crippen molar-refractivity contribution in [3.63, 3.8) is 0 Å². The van der Waals surface area contributed by atoms with E-state index in [4.69, 9.17) is 4.98 Å². The maximum Gasteiger partial charge on any atom is 0.195 e. The fraction of sp³-hybridized carbons (Fsp3) is 0.304. The Morgan fingerprint density at radius 3 is 2.62 bits per heavy atom. The highest BCUT2D eigenvalue weighted by molar-refractivity contribution is 7.23. The molecule has 0 amide bonds. The molecule has 3 heterocycles. The van der Waals surface area contributed by atoms with Gasteiger partial charge in [-0.15, -0.1) is 0 Å². The van der Waals surface area contributed by atoms with E-state index in [2.05, 4.69) is 59.9 Å². The number of piperidine rings is 1. The minimum Gasteiger partial charge on any atom is -0.550 e. The summed E-state index contributed by atoms with van der Waals surface area (Å²) < 4.78 is 3.53. The maximum absolute atomic E-state index is 11.2. The van der Waals surface area contributed by atoms with Crippen LogP contribution < -0.4 is 10.0 Å². The molecule has 5 nitrogen and oxygen atoms in total. The van der Waals surface area contributed by atoms with Crippen molar-refractivity contribution in [3.8, 4) is 11.3 Å². The van der Waals surface area contributed by atoms with Gasteiger partial charge in [0.2, 0.25) is 0 Å². The lowest BCUT2D eigenvalue weighted by Crippen LogP contribution is -3.12. The van der Waals surface area contributed by atoms with E-state index in [1.807, 2.05) is 0 Å². The normalized spacial score (nSPS) is 19.8. The van der Waals surface area contributed by atoms with Gasteiger partial charge < -0.3 is 14.8 Å². The van der Waals surface area contributed by atoms with Crippen LogP contribution in [0.25, 0.3) is 26.4 Å². The Labute approximate surface area is 173 Å². The van der Waals surface area contributed by atoms with E-state index < -0.39 is 5.97 Å². The molecule has 0 unspecified atom stereocenters. The number of carbonyl (C=O) groups is 1. The highest BCUT2D eigenvalue weighted by atomic mass is 32.1. The lowest BCUT2D eigenvalue weighted by molar-refractivity contribution is -0.919. The Morgan fingerprint density at radius 2 is 1.90 bits per heavy atom. The first-order valence-corrected chi connectivity index (χ1v) is 10.9. The number of carboxylic acids is 1. The summed E-state index contributed by atoms with van der Waals surface area (Å²) in [5.41, 5.74) is 5.81. The quantitative estimate of drug-likeness (QED) is 0.565. The third kappa shape index (κ3) is 3.32. The van der Waals surface area contributed by atoms with Crippen molar-refractivity contribution in [2.75, 3.05) is 13.1 Å². The largest absolute Gasteiger partial charge is 0.550 e. The molecular weight excluding hydrogens is 382 g/mol. The summed E-state index contributed by atoms with van der Waals surface area (Å²) in [5, 5.41) is 11.2. The average molecular weight is 406 g/mol. The fourth-order valence-electron chi connectivity index (χ4n) is 4.36. The zero-order valence-corrected chi connectivity index (χ0v) is 17.2. The number of likely N-dealkylation sites (tertiary alicyclic amines) is 1. The molecule has 2 aromatic carbocycles. The topological polar surface area (TPSA) is 61.9 Å². The van der Waals surface area contributed by atoms with E-state index in [-0.39, 0.29) is 5.92 Å². The molecule has 0 aliphatic carbocycles. The number of carbonyl (C=O) groups excluding carboxylic acids is 1. The molecule has 1 aliphatic rings. The number of carboxylic acid groups (broad SMARTS) is 1. The molecule has 0 saturated carbocycles. The minimum atomic E-state index is -0.903. The van der Waals surface area contributed by atoms with Gasteiger partial charge in [-0.3, -0.25) is 4.40 Å². The van der Waals surface area contributed by atoms with Crippen LogP contribution in [0.4, 0.5) is 0 Å². The SMILES string of the molecule is Cc1ccc(-c2nc3sc4ccccc4n3c2C[NH+]2CCC(C(=O)[O-])CC2)cc1. The number of quaternary nitrogens is 1. The lowest BCUT2D eigenvalue weighted by Gasteiger charge is -2.29. The number of hydrogen-bond acceptors (Lipinski definition) is 4. The number of fused-ring (bicyclic) bond motifs is 3. The standard InChI is InChI=1S/C23H23N3O2S/c1-15-6-8-16(9-7-15)21-19(14-25-12-10-17(11-13-25)22(27)28)26-18-4-2-3-5-20(18)29-23(26)24-21/h2-9,17H,10-14H2,1H3,(H,27,28). The van der Waals surface area contributed by atoms with Crippen LogP contribution in [0.15, 0.2) is 48.5 Å². The molecule has 29 heavy (non-hydrogen) atoms. The second kappa shape index (κ2) is 7.28. The summed E-state index contributed by atoms with van der Waals surface area (Å²) in [7, 11) is 0. The zero-order valence-electron chi connectivity index (χ0n) is 16.4. The average Bonchev–Trinajstić information content (AvgIpc) is 3.26. The van der Waals surface area contributed by atoms with Gasteiger partial charge in [0.15, 0.2) is 4.96 Å². The van der Waals surface area contributed by atoms with E-state index >= 15 is 0 Å². The van der Waals surface area contributed by atoms with Gasteiger partial charge in [-0.25, -0.2) is 4.98 Å². The summed E-state index contributed by atoms with van der Waals surface area (Å²) in [6.45, 7) is 4.63. The Bertz CT molecular complexity index is 1180. The van der Waals surface area contributed by atoms with Crippen molar-refractivity contribution in [1.82, 2.24) is 9.38 Å². The number of aliphatic carboxylic acids is 1. The number of nitrogens with one attached hydrogen (secondary N) is 1. The summed E-state index contributed by atoms with van der Waals surface area (Å²) in [4.78, 5) is 18.6. The first-order chi connectivity index (χ1) is 14.1. The van der Waals surface area contributed by atoms with Gasteiger partial charge in [0.05, 0.1) is 29.0 Å². The molecule has 2 aromatic heterocycles. The molecule has 6 heteroatoms. The number of imidazole rings is 1. The molecule has 0 atom stereocenters. The summed E-state index contributed by atoms with van der Waals surface area (Å²) in [6, 6.07) is 17.0. The predicted molar refractivity (Wildman–Crippen MR) is 113 cm³/mol. The van der Waals surface area contributed by atoms with Crippen LogP contribution in [-0.4, -0.2) is 28.4 Å². The molecule has 0 bridgehead atoms. The Balaban J connectivity index is 1.58. The van der Waals surface area contributed by atoms with Gasteiger partial charge in [0.25, 0.3) is 0 Å². The molecule has 5 rings (SSSR count). The molecule has 1 N–H and O–H groups in total. The van der Waals surface area contributed by atoms with Crippen LogP contribution in [0.1, 0.15) is 24.1 Å². The van der Waals surface area contributed by atoms with Crippen molar-refractivity contribution >= 4 is 32.5 Å². The van der Waals surface area contributed by atoms with Crippen molar-refractivity contribution in [1.29, 1.82) is 0 Å². The summed E-state index contributed by atoms with van der Waals surface area (Å²) in [5.74, 6) is -1.21. The second-order valence-corrected chi connectivity index (χ2v) is 8.99. The fourth-order valence-corrected chi connectivity index (χ4v) is 5.40. The van der Waals surface area contributed by atoms with E-state index in [1.165, 1.54) is 26.4 Å². The summed E-state index contributed by atoms with van der Waals surface area (Å²) in [6.07, 6.45) is 1.37. The van der Waals surface area contributed by atoms with Crippen LogP contribution >= 0.6 is 11.3 Å². The van der Waals surface area contributed by atoms with E-state index in [1.54, 1.807) is 11.3 Å². The number of nitrogens with zero attached hydrogens (tertiary/aromatic N) is 2. The number of para-hydroxylation sites is 1. The van der Waals surface area contributed by atoms with Crippen molar-refractivity contribution in [2.24, 2.45) is 5.92 Å². The molecule has 0 radical (unpaired) electrons. The van der Waals surface area contributed by atoms with Crippen LogP contribution in [-0.2, 0) is 11.3 Å². The van der Waals surface area contributed by atoms with Gasteiger partial charge in [0.1, 0.15) is 12.2 Å². The van der Waals surface area contributed by atoms with Gasteiger partial charge >= 0.3 is 0 Å². The highest BCUT2D eigenvalue weighted by Gasteiger charge is 2.27. The number of thiazole rings is 1. The van der Waals surface area contributed by atoms with Crippen LogP contribution in [0, 0.1) is 12.8 Å². The molecule has 4 aromatic rings. The van der Waals surface area contributed by atoms with Gasteiger partial charge in [-0.2, -0.15) is 0 Å². The van der Waals surface area contributed by atoms with Crippen LogP contribution in [0.3, 0.4) is 0 Å². The van der Waals surface area contributed by atoms with E-state index in [9.17, 15) is 9.90 Å². The number of aromatic nitrogens is 2. The van der Waals surface area contributed by atoms with Gasteiger partial charge in [-0.1, -0.05) is 53.3 Å². The minimum absolute atomic E-state index is 0.303. The van der Waals surface area contributed by atoms with Crippen molar-refractivity contribution < 1.29 is 14.8 Å². The van der Waals surface area contributed by atoms with E-state index in [0.29, 0.717) is 12.8 Å². The smallest absolute Gasteiger partial charge is 0.195 e. The number of rotatable bonds is 4. The zero-order chi connectivity index (χ0) is 20.0. The first-order valence-electron chi connectivity index (χ1n) is 10.1. The van der Waals surface area contributed by atoms with Crippen LogP contribution in [0.2, 0.25) is 0 Å². The van der Waals surface area contributed by atoms with Crippen molar-refractivity contribution in [2.45, 2.75) is 26.3 Å². The molecule has 1 aliphatic heterocycles.